The van der Waals surface area contributed by atoms with Gasteiger partial charge in [0.2, 0.25) is 0 Å². The Labute approximate surface area is 385 Å². The van der Waals surface area contributed by atoms with Crippen molar-refractivity contribution in [1.82, 2.24) is 0 Å². The Morgan fingerprint density at radius 2 is 0.383 bits per heavy atom. The average molecular weight is 993 g/mol. The Morgan fingerprint density at radius 1 is 0.300 bits per heavy atom. The second kappa shape index (κ2) is 50.2. The molecule has 0 aromatic carbocycles. The summed E-state index contributed by atoms with van der Waals surface area (Å²) in [6.45, 7) is 6.47. The zero-order valence-corrected chi connectivity index (χ0v) is 40.1. The summed E-state index contributed by atoms with van der Waals surface area (Å²) in [4.78, 5) is 59.3. The number of aliphatic carboxylic acids is 6. The first kappa shape index (κ1) is 75.9. The van der Waals surface area contributed by atoms with Gasteiger partial charge in [0, 0.05) is 34.5 Å². The molecular formula is C34H72O20S6. The van der Waals surface area contributed by atoms with Crippen LogP contribution in [-0.2, 0) is 28.8 Å². The molecule has 0 spiro atoms. The molecule has 0 bridgehead atoms. The van der Waals surface area contributed by atoms with E-state index in [-0.39, 0.29) is 35.5 Å². The van der Waals surface area contributed by atoms with Crippen LogP contribution in [0.3, 0.4) is 0 Å². The molecule has 0 amide bonds. The number of rotatable bonds is 20. The van der Waals surface area contributed by atoms with Crippen molar-refractivity contribution in [3.63, 3.8) is 0 Å². The number of hydrogen-bond acceptors (Lipinski definition) is 20. The lowest BCUT2D eigenvalue weighted by Gasteiger charge is -2.23. The van der Waals surface area contributed by atoms with E-state index >= 15 is 0 Å². The lowest BCUT2D eigenvalue weighted by molar-refractivity contribution is -0.141. The molecule has 0 saturated carbocycles. The molecule has 26 heteroatoms. The van der Waals surface area contributed by atoms with Crippen LogP contribution in [0.4, 0.5) is 0 Å². The van der Waals surface area contributed by atoms with E-state index < -0.39 is 99.5 Å². The summed E-state index contributed by atoms with van der Waals surface area (Å²) >= 11 is 22.6. The maximum absolute atomic E-state index is 9.88. The van der Waals surface area contributed by atoms with E-state index in [4.69, 9.17) is 71.5 Å². The van der Waals surface area contributed by atoms with Crippen LogP contribution in [0, 0.1) is 46.3 Å². The fourth-order valence-corrected chi connectivity index (χ4v) is 2.01. The molecule has 0 aliphatic carbocycles. The number of thiol groups is 6. The third kappa shape index (κ3) is 51.0. The molecular weight excluding hydrogens is 921 g/mol. The second-order valence-corrected chi connectivity index (χ2v) is 15.0. The van der Waals surface area contributed by atoms with Gasteiger partial charge in [0.05, 0.1) is 99.2 Å². The van der Waals surface area contributed by atoms with E-state index in [1.807, 2.05) is 0 Å². The number of aliphatic hydroxyl groups is 8. The van der Waals surface area contributed by atoms with Gasteiger partial charge in [0.1, 0.15) is 0 Å². The van der Waals surface area contributed by atoms with Gasteiger partial charge in [0.25, 0.3) is 0 Å². The van der Waals surface area contributed by atoms with Crippen LogP contribution in [0.15, 0.2) is 0 Å². The molecule has 0 aromatic rings. The maximum atomic E-state index is 9.88. The Hall–Kier alpha value is -1.40. The van der Waals surface area contributed by atoms with Gasteiger partial charge in [-0.05, 0) is 0 Å². The molecule has 0 saturated heterocycles. The summed E-state index contributed by atoms with van der Waals surface area (Å²) in [6, 6.07) is 0. The zero-order valence-electron chi connectivity index (χ0n) is 34.8. The first-order valence-electron chi connectivity index (χ1n) is 17.5. The number of aliphatic hydroxyl groups excluding tert-OH is 8. The minimum Gasteiger partial charge on any atom is -0.481 e. The highest BCUT2D eigenvalue weighted by atomic mass is 32.1. The molecule has 0 aliphatic heterocycles. The fraction of sp³-hybridized carbons (Fsp3) is 0.824. The third-order valence-corrected chi connectivity index (χ3v) is 10.1. The van der Waals surface area contributed by atoms with Gasteiger partial charge in [-0.3, -0.25) is 28.8 Å². The van der Waals surface area contributed by atoms with Crippen molar-refractivity contribution in [3.8, 4) is 0 Å². The third-order valence-electron chi connectivity index (χ3n) is 6.86. The minimum absolute atomic E-state index is 0.316. The van der Waals surface area contributed by atoms with Crippen molar-refractivity contribution in [2.24, 2.45) is 46.3 Å². The van der Waals surface area contributed by atoms with E-state index in [1.165, 1.54) is 0 Å². The lowest BCUT2D eigenvalue weighted by Crippen LogP contribution is -2.37. The lowest BCUT2D eigenvalue weighted by atomic mass is 9.93. The van der Waals surface area contributed by atoms with E-state index in [0.29, 0.717) is 34.5 Å². The second-order valence-electron chi connectivity index (χ2n) is 12.8. The molecule has 0 radical (unpaired) electrons. The highest BCUT2D eigenvalue weighted by Crippen LogP contribution is 2.12. The van der Waals surface area contributed by atoms with Gasteiger partial charge in [-0.2, -0.15) is 75.8 Å². The van der Waals surface area contributed by atoms with Crippen LogP contribution < -0.4 is 0 Å². The van der Waals surface area contributed by atoms with Crippen molar-refractivity contribution in [2.45, 2.75) is 41.5 Å². The molecule has 6 atom stereocenters. The quantitative estimate of drug-likeness (QED) is 0.0697. The van der Waals surface area contributed by atoms with Gasteiger partial charge in [-0.25, -0.2) is 0 Å². The molecule has 20 nitrogen and oxygen atoms in total. The highest BCUT2D eigenvalue weighted by Gasteiger charge is 2.27. The standard InChI is InChI=1S/2C5H12O4.6C4H8O2S/c2*6-1-5(2-7,3-8)4-9;6*1-3(2-7)4(5)6/h2*6-9H,1-4H2;6*3,7H,2H2,1H3,(H,5,6). The summed E-state index contributed by atoms with van der Waals surface area (Å²) in [6.07, 6.45) is 0. The zero-order chi connectivity index (χ0) is 49.8. The van der Waals surface area contributed by atoms with E-state index in [1.54, 1.807) is 41.5 Å². The minimum atomic E-state index is -1.11. The molecule has 6 unspecified atom stereocenters. The SMILES string of the molecule is CC(CS)C(=O)O.CC(CS)C(=O)O.CC(CS)C(=O)O.CC(CS)C(=O)O.CC(CS)C(=O)O.CC(CS)C(=O)O.OCC(CO)(CO)CO.OCC(CO)(CO)CO. The first-order valence-corrected chi connectivity index (χ1v) is 21.3. The molecule has 0 fully saturated rings. The smallest absolute Gasteiger partial charge is 0.307 e. The highest BCUT2D eigenvalue weighted by molar-refractivity contribution is 7.81. The van der Waals surface area contributed by atoms with Crippen LogP contribution in [0.2, 0.25) is 0 Å². The van der Waals surface area contributed by atoms with Crippen molar-refractivity contribution >= 4 is 112 Å². The Bertz CT molecular complexity index is 845. The number of carbonyl (C=O) groups is 6. The molecule has 364 valence electrons. The van der Waals surface area contributed by atoms with Crippen molar-refractivity contribution < 1.29 is 100 Å². The predicted octanol–water partition coefficient (Wildman–Crippen LogP) is -0.295. The normalized spacial score (nSPS) is 13.0. The number of carboxylic acid groups (broad SMARTS) is 6. The van der Waals surface area contributed by atoms with E-state index in [2.05, 4.69) is 75.8 Å². The van der Waals surface area contributed by atoms with Crippen molar-refractivity contribution in [3.05, 3.63) is 0 Å². The molecule has 14 N–H and O–H groups in total. The van der Waals surface area contributed by atoms with Crippen LogP contribution in [0.1, 0.15) is 41.5 Å². The summed E-state index contributed by atoms with van der Waals surface area (Å²) in [5, 5.41) is 117. The van der Waals surface area contributed by atoms with E-state index in [9.17, 15) is 28.8 Å². The Balaban J connectivity index is -0.0000000861. The van der Waals surface area contributed by atoms with E-state index in [0.717, 1.165) is 0 Å². The van der Waals surface area contributed by atoms with Crippen molar-refractivity contribution in [1.29, 1.82) is 0 Å². The van der Waals surface area contributed by atoms with Crippen LogP contribution in [0.25, 0.3) is 0 Å². The fourth-order valence-electron chi connectivity index (χ4n) is 1.07. The number of hydrogen-bond donors (Lipinski definition) is 20. The summed E-state index contributed by atoms with van der Waals surface area (Å²) in [5.41, 5.74) is -2.22. The predicted molar refractivity (Wildman–Crippen MR) is 245 cm³/mol. The molecule has 0 aromatic heterocycles. The van der Waals surface area contributed by atoms with Gasteiger partial charge < -0.3 is 71.5 Å². The molecule has 0 heterocycles. The largest absolute Gasteiger partial charge is 0.481 e. The summed E-state index contributed by atoms with van der Waals surface area (Å²) in [5.74, 6) is -4.12. The average Bonchev–Trinajstić information content (AvgIpc) is 3.25. The van der Waals surface area contributed by atoms with Crippen LogP contribution in [-0.4, -0.2) is 195 Å². The monoisotopic (exact) mass is 992 g/mol. The van der Waals surface area contributed by atoms with Crippen LogP contribution in [0.5, 0.6) is 0 Å². The molecule has 0 aliphatic rings. The van der Waals surface area contributed by atoms with Crippen molar-refractivity contribution in [2.75, 3.05) is 87.4 Å². The Morgan fingerprint density at radius 3 is 0.383 bits per heavy atom. The molecule has 60 heavy (non-hydrogen) atoms. The molecule has 0 rings (SSSR count). The van der Waals surface area contributed by atoms with Crippen LogP contribution >= 0.6 is 75.8 Å². The Kier molecular flexibility index (Phi) is 63.6. The summed E-state index contributed by atoms with van der Waals surface area (Å²) < 4.78 is 0. The van der Waals surface area contributed by atoms with Gasteiger partial charge in [-0.15, -0.1) is 0 Å². The van der Waals surface area contributed by atoms with Gasteiger partial charge >= 0.3 is 35.8 Å². The maximum Gasteiger partial charge on any atom is 0.307 e. The first-order chi connectivity index (χ1) is 27.6. The van der Waals surface area contributed by atoms with Gasteiger partial charge in [-0.1, -0.05) is 41.5 Å². The van der Waals surface area contributed by atoms with Gasteiger partial charge in [0.15, 0.2) is 0 Å². The topological polar surface area (TPSA) is 386 Å². The summed E-state index contributed by atoms with van der Waals surface area (Å²) in [7, 11) is 0. The number of carboxylic acids is 6.